The normalized spacial score (nSPS) is 28.6. The van der Waals surface area contributed by atoms with Crippen LogP contribution in [0.1, 0.15) is 13.8 Å². The second kappa shape index (κ2) is 3.53. The fraction of sp³-hybridized carbons (Fsp3) is 0.714. The molecule has 0 radical (unpaired) electrons. The zero-order valence-corrected chi connectivity index (χ0v) is 7.43. The van der Waals surface area contributed by atoms with E-state index in [1.54, 1.807) is 14.0 Å². The van der Waals surface area contributed by atoms with Gasteiger partial charge in [0, 0.05) is 7.11 Å². The summed E-state index contributed by atoms with van der Waals surface area (Å²) in [4.78, 5) is 0. The van der Waals surface area contributed by atoms with E-state index in [-0.39, 0.29) is 24.8 Å². The predicted molar refractivity (Wildman–Crippen MR) is 34.1 cm³/mol. The molecule has 0 aromatic heterocycles. The third-order valence-electron chi connectivity index (χ3n) is 1.84. The quantitative estimate of drug-likeness (QED) is 0.394. The second-order valence-corrected chi connectivity index (χ2v) is 2.68. The van der Waals surface area contributed by atoms with E-state index >= 15 is 0 Å². The second-order valence-electron chi connectivity index (χ2n) is 2.68. The topological polar surface area (TPSA) is 41.5 Å². The van der Waals surface area contributed by atoms with Crippen LogP contribution in [0.3, 0.4) is 0 Å². The van der Waals surface area contributed by atoms with Gasteiger partial charge in [-0.3, -0.25) is 0 Å². The molecule has 0 N–H and O–H groups in total. The Hall–Kier alpha value is -0.103. The summed E-state index contributed by atoms with van der Waals surface area (Å²) >= 11 is 0. The minimum Gasteiger partial charge on any atom is -0.600 e. The molecule has 1 aliphatic heterocycles. The summed E-state index contributed by atoms with van der Waals surface area (Å²) in [7, 11) is 1.59. The van der Waals surface area contributed by atoms with Gasteiger partial charge in [-0.05, 0) is 19.4 Å². The van der Waals surface area contributed by atoms with Crippen LogP contribution in [0.2, 0.25) is 0 Å². The van der Waals surface area contributed by atoms with Gasteiger partial charge >= 0.3 is 18.9 Å². The van der Waals surface area contributed by atoms with E-state index in [9.17, 15) is 5.11 Å². The average molecular weight is 150 g/mol. The van der Waals surface area contributed by atoms with Gasteiger partial charge in [0.05, 0.1) is 18.2 Å². The molecule has 0 aromatic carbocycles. The van der Waals surface area contributed by atoms with Gasteiger partial charge in [0.2, 0.25) is 0 Å². The Kier molecular flexibility index (Phi) is 3.50. The molecule has 11 heavy (non-hydrogen) atoms. The summed E-state index contributed by atoms with van der Waals surface area (Å²) < 4.78 is 9.75. The van der Waals surface area contributed by atoms with E-state index < -0.39 is 5.60 Å². The van der Waals surface area contributed by atoms with Crippen LogP contribution in [-0.2, 0) is 9.47 Å². The summed E-state index contributed by atoms with van der Waals surface area (Å²) in [5.41, 5.74) is 0.292. The van der Waals surface area contributed by atoms with Gasteiger partial charge in [-0.25, -0.2) is 0 Å². The van der Waals surface area contributed by atoms with E-state index in [1.807, 2.05) is 6.92 Å². The van der Waals surface area contributed by atoms with Crippen LogP contribution >= 0.6 is 0 Å². The van der Waals surface area contributed by atoms with Crippen molar-refractivity contribution in [2.45, 2.75) is 19.4 Å². The van der Waals surface area contributed by atoms with Crippen molar-refractivity contribution in [3.63, 3.8) is 0 Å². The minimum absolute atomic E-state index is 0. The molecule has 0 fully saturated rings. The Morgan fingerprint density at radius 2 is 2.18 bits per heavy atom. The summed E-state index contributed by atoms with van der Waals surface area (Å²) in [5, 5.41) is 10.6. The number of rotatable bonds is 2. The summed E-state index contributed by atoms with van der Waals surface area (Å²) in [6.45, 7) is 4.06. The Morgan fingerprint density at radius 1 is 1.64 bits per heavy atom. The number of hydrogen-bond donors (Lipinski definition) is 0. The minimum atomic E-state index is -0.453. The van der Waals surface area contributed by atoms with Gasteiger partial charge in [-0.1, -0.05) is 0 Å². The van der Waals surface area contributed by atoms with E-state index in [2.05, 4.69) is 0 Å². The standard InChI is InChI=1S/C7H12O3.Li/c1-5-6(8)10-7(5,2)4-9-3;/h8H,4H2,1-3H3;/q;+1/p-1. The molecule has 58 valence electrons. The molecule has 0 bridgehead atoms. The van der Waals surface area contributed by atoms with Gasteiger partial charge in [0.25, 0.3) is 0 Å². The van der Waals surface area contributed by atoms with E-state index in [4.69, 9.17) is 9.47 Å². The Bertz CT molecular complexity index is 179. The SMILES string of the molecule is COCC1(C)OC([O-])=C1C.[Li+]. The van der Waals surface area contributed by atoms with Crippen LogP contribution < -0.4 is 24.0 Å². The molecule has 3 nitrogen and oxygen atoms in total. The van der Waals surface area contributed by atoms with Crippen LogP contribution in [-0.4, -0.2) is 19.3 Å². The molecular weight excluding hydrogens is 139 g/mol. The van der Waals surface area contributed by atoms with Crippen molar-refractivity contribution in [2.75, 3.05) is 13.7 Å². The van der Waals surface area contributed by atoms with Crippen molar-refractivity contribution < 1.29 is 33.4 Å². The first-order valence-corrected chi connectivity index (χ1v) is 3.16. The summed E-state index contributed by atoms with van der Waals surface area (Å²) in [6.07, 6.45) is 0. The molecule has 0 spiro atoms. The number of ether oxygens (including phenoxy) is 2. The Labute approximate surface area is 78.6 Å². The van der Waals surface area contributed by atoms with E-state index in [0.717, 1.165) is 5.57 Å². The summed E-state index contributed by atoms with van der Waals surface area (Å²) in [5.74, 6) is -0.209. The molecule has 0 aromatic rings. The van der Waals surface area contributed by atoms with Crippen molar-refractivity contribution in [3.8, 4) is 0 Å². The summed E-state index contributed by atoms with van der Waals surface area (Å²) in [6, 6.07) is 0. The molecule has 4 heteroatoms. The number of methoxy groups -OCH3 is 1. The van der Waals surface area contributed by atoms with Crippen molar-refractivity contribution in [1.29, 1.82) is 0 Å². The first-order chi connectivity index (χ1) is 4.60. The number of hydrogen-bond acceptors (Lipinski definition) is 3. The zero-order chi connectivity index (χ0) is 7.78. The Balaban J connectivity index is 0.000001000. The first-order valence-electron chi connectivity index (χ1n) is 3.16. The fourth-order valence-electron chi connectivity index (χ4n) is 0.940. The largest absolute Gasteiger partial charge is 1.00 e. The van der Waals surface area contributed by atoms with Crippen molar-refractivity contribution >= 4 is 0 Å². The van der Waals surface area contributed by atoms with Crippen LogP contribution in [0.4, 0.5) is 0 Å². The van der Waals surface area contributed by atoms with Crippen LogP contribution in [0, 0.1) is 0 Å². The third-order valence-corrected chi connectivity index (χ3v) is 1.84. The molecule has 1 unspecified atom stereocenters. The molecule has 1 rings (SSSR count). The van der Waals surface area contributed by atoms with E-state index in [1.165, 1.54) is 0 Å². The molecule has 0 saturated heterocycles. The van der Waals surface area contributed by atoms with Gasteiger partial charge in [0.1, 0.15) is 0 Å². The van der Waals surface area contributed by atoms with E-state index in [0.29, 0.717) is 6.61 Å². The maximum atomic E-state index is 10.6. The van der Waals surface area contributed by atoms with Gasteiger partial charge in [-0.2, -0.15) is 0 Å². The van der Waals surface area contributed by atoms with Gasteiger partial charge < -0.3 is 14.6 Å². The zero-order valence-electron chi connectivity index (χ0n) is 7.43. The molecule has 0 amide bonds. The predicted octanol–water partition coefficient (Wildman–Crippen LogP) is -2.98. The van der Waals surface area contributed by atoms with Crippen molar-refractivity contribution in [2.24, 2.45) is 0 Å². The third kappa shape index (κ3) is 1.73. The maximum Gasteiger partial charge on any atom is 1.00 e. The molecule has 1 aliphatic rings. The average Bonchev–Trinajstić information content (AvgIpc) is 1.88. The first kappa shape index (κ1) is 10.9. The van der Waals surface area contributed by atoms with Crippen molar-refractivity contribution in [3.05, 3.63) is 11.5 Å². The fourth-order valence-corrected chi connectivity index (χ4v) is 0.940. The van der Waals surface area contributed by atoms with Crippen LogP contribution in [0.25, 0.3) is 0 Å². The van der Waals surface area contributed by atoms with Gasteiger partial charge in [0.15, 0.2) is 0 Å². The molecule has 1 heterocycles. The molecule has 0 aliphatic carbocycles. The Morgan fingerprint density at radius 3 is 2.45 bits per heavy atom. The maximum absolute atomic E-state index is 10.6. The van der Waals surface area contributed by atoms with Crippen LogP contribution in [0.5, 0.6) is 0 Å². The molecule has 0 saturated carbocycles. The van der Waals surface area contributed by atoms with Crippen molar-refractivity contribution in [1.82, 2.24) is 0 Å². The smallest absolute Gasteiger partial charge is 0.600 e. The monoisotopic (exact) mass is 150 g/mol. The molecule has 1 atom stereocenters. The van der Waals surface area contributed by atoms with Gasteiger partial charge in [-0.15, -0.1) is 0 Å². The van der Waals surface area contributed by atoms with Crippen LogP contribution in [0.15, 0.2) is 11.5 Å². The molecular formula is C7H11LiO3.